The first-order valence-electron chi connectivity index (χ1n) is 10.4. The third-order valence-electron chi connectivity index (χ3n) is 4.26. The number of hydrogen-bond donors (Lipinski definition) is 1. The zero-order valence-electron chi connectivity index (χ0n) is 19.1. The molecule has 0 spiro atoms. The van der Waals surface area contributed by atoms with E-state index in [4.69, 9.17) is 0 Å². The number of nitrogens with one attached hydrogen (secondary N) is 1. The summed E-state index contributed by atoms with van der Waals surface area (Å²) in [7, 11) is 1.96. The molecule has 2 rings (SSSR count). The highest BCUT2D eigenvalue weighted by Gasteiger charge is 2.07. The van der Waals surface area contributed by atoms with Gasteiger partial charge in [0.05, 0.1) is 0 Å². The lowest BCUT2D eigenvalue weighted by molar-refractivity contribution is 0.626. The van der Waals surface area contributed by atoms with E-state index in [2.05, 4.69) is 63.5 Å². The molecule has 0 fully saturated rings. The Bertz CT molecular complexity index is 754. The molecule has 0 heterocycles. The van der Waals surface area contributed by atoms with Gasteiger partial charge >= 0.3 is 0 Å². The Balaban J connectivity index is 0.000000977. The lowest BCUT2D eigenvalue weighted by atomic mass is 9.92. The highest BCUT2D eigenvalue weighted by molar-refractivity contribution is 5.80. The number of halogens is 1. The van der Waals surface area contributed by atoms with Gasteiger partial charge in [0.2, 0.25) is 0 Å². The molecule has 0 saturated heterocycles. The van der Waals surface area contributed by atoms with Crippen molar-refractivity contribution in [2.45, 2.75) is 47.0 Å². The molecule has 0 radical (unpaired) electrons. The smallest absolute Gasteiger partial charge is 0.123 e. The summed E-state index contributed by atoms with van der Waals surface area (Å²) in [5.74, 6) is -0.0526. The Morgan fingerprint density at radius 2 is 1.76 bits per heavy atom. The Hall–Kier alpha value is -2.45. The fourth-order valence-corrected chi connectivity index (χ4v) is 2.67. The zero-order valence-corrected chi connectivity index (χ0v) is 19.1. The van der Waals surface area contributed by atoms with E-state index < -0.39 is 0 Å². The minimum atomic E-state index is -0.215. The summed E-state index contributed by atoms with van der Waals surface area (Å²) in [5, 5.41) is 3.02. The average Bonchev–Trinajstić information content (AvgIpc) is 2.74. The second kappa shape index (κ2) is 15.5. The first-order chi connectivity index (χ1) is 13.9. The minimum absolute atomic E-state index is 0.162. The van der Waals surface area contributed by atoms with Crippen molar-refractivity contribution in [1.82, 2.24) is 5.32 Å². The van der Waals surface area contributed by atoms with Gasteiger partial charge in [0.15, 0.2) is 0 Å². The van der Waals surface area contributed by atoms with Crippen LogP contribution in [-0.2, 0) is 0 Å². The standard InChI is InChI=1S/C21H21F.C4H11N.C2H6/c1-5-18(17(4)20-8-6-7-15(2)13-20)14-16(3)19-9-11-21(22)12-10-19;1-3-4-5-2;1-2/h5-14,16H,1,4H2,2-3H3;5H,3-4H2,1-2H3;1-2H3/b18-14+;;. The molecule has 0 bridgehead atoms. The van der Waals surface area contributed by atoms with Gasteiger partial charge in [-0.15, -0.1) is 0 Å². The van der Waals surface area contributed by atoms with Crippen molar-refractivity contribution in [3.8, 4) is 0 Å². The maximum atomic E-state index is 13.0. The van der Waals surface area contributed by atoms with E-state index in [0.29, 0.717) is 0 Å². The summed E-state index contributed by atoms with van der Waals surface area (Å²) in [4.78, 5) is 0. The number of allylic oxidation sites excluding steroid dienone is 4. The topological polar surface area (TPSA) is 12.0 Å². The van der Waals surface area contributed by atoms with Crippen molar-refractivity contribution in [2.24, 2.45) is 0 Å². The van der Waals surface area contributed by atoms with Crippen LogP contribution in [0.2, 0.25) is 0 Å². The maximum absolute atomic E-state index is 13.0. The van der Waals surface area contributed by atoms with Crippen molar-refractivity contribution in [2.75, 3.05) is 13.6 Å². The fourth-order valence-electron chi connectivity index (χ4n) is 2.67. The molecule has 1 unspecified atom stereocenters. The van der Waals surface area contributed by atoms with Gasteiger partial charge in [-0.05, 0) is 67.3 Å². The molecule has 158 valence electrons. The average molecular weight is 396 g/mol. The Morgan fingerprint density at radius 3 is 2.21 bits per heavy atom. The van der Waals surface area contributed by atoms with Crippen LogP contribution in [0, 0.1) is 12.7 Å². The van der Waals surface area contributed by atoms with Gasteiger partial charge < -0.3 is 5.32 Å². The second-order valence-electron chi connectivity index (χ2n) is 6.62. The van der Waals surface area contributed by atoms with Gasteiger partial charge in [-0.1, -0.05) is 95.0 Å². The van der Waals surface area contributed by atoms with E-state index in [-0.39, 0.29) is 11.7 Å². The van der Waals surface area contributed by atoms with Crippen LogP contribution in [0.4, 0.5) is 4.39 Å². The summed E-state index contributed by atoms with van der Waals surface area (Å²) in [5.41, 5.74) is 5.32. The zero-order chi connectivity index (χ0) is 22.2. The molecule has 0 amide bonds. The molecule has 0 aliphatic carbocycles. The number of aryl methyl sites for hydroxylation is 1. The molecular formula is C27H38FN. The molecule has 0 saturated carbocycles. The predicted molar refractivity (Wildman–Crippen MR) is 129 cm³/mol. The molecule has 2 heteroatoms. The van der Waals surface area contributed by atoms with E-state index in [1.54, 1.807) is 0 Å². The van der Waals surface area contributed by atoms with Crippen molar-refractivity contribution in [3.05, 3.63) is 102 Å². The summed E-state index contributed by atoms with van der Waals surface area (Å²) in [6.45, 7) is 19.5. The molecular weight excluding hydrogens is 357 g/mol. The first kappa shape index (κ1) is 26.6. The van der Waals surface area contributed by atoms with Crippen LogP contribution >= 0.6 is 0 Å². The molecule has 2 aromatic rings. The van der Waals surface area contributed by atoms with Gasteiger partial charge in [-0.3, -0.25) is 0 Å². The predicted octanol–water partition coefficient (Wildman–Crippen LogP) is 7.71. The van der Waals surface area contributed by atoms with Crippen molar-refractivity contribution in [3.63, 3.8) is 0 Å². The highest BCUT2D eigenvalue weighted by Crippen LogP contribution is 2.27. The summed E-state index contributed by atoms with van der Waals surface area (Å²) < 4.78 is 13.0. The maximum Gasteiger partial charge on any atom is 0.123 e. The van der Waals surface area contributed by atoms with Gasteiger partial charge in [0, 0.05) is 0 Å². The van der Waals surface area contributed by atoms with Crippen LogP contribution in [-0.4, -0.2) is 13.6 Å². The number of hydrogen-bond acceptors (Lipinski definition) is 1. The van der Waals surface area contributed by atoms with E-state index in [1.807, 2.05) is 45.2 Å². The Labute approximate surface area is 178 Å². The lowest BCUT2D eigenvalue weighted by Crippen LogP contribution is -2.04. The summed E-state index contributed by atoms with van der Waals surface area (Å²) >= 11 is 0. The van der Waals surface area contributed by atoms with E-state index in [1.165, 1.54) is 24.1 Å². The third kappa shape index (κ3) is 10.0. The van der Waals surface area contributed by atoms with E-state index >= 15 is 0 Å². The van der Waals surface area contributed by atoms with Gasteiger partial charge in [0.1, 0.15) is 5.82 Å². The van der Waals surface area contributed by atoms with E-state index in [9.17, 15) is 4.39 Å². The van der Waals surface area contributed by atoms with Crippen molar-refractivity contribution in [1.29, 1.82) is 0 Å². The van der Waals surface area contributed by atoms with E-state index in [0.717, 1.165) is 28.8 Å². The van der Waals surface area contributed by atoms with Gasteiger partial charge in [-0.2, -0.15) is 0 Å². The molecule has 1 N–H and O–H groups in total. The third-order valence-corrected chi connectivity index (χ3v) is 4.26. The quantitative estimate of drug-likeness (QED) is 0.473. The summed E-state index contributed by atoms with van der Waals surface area (Å²) in [6.07, 6.45) is 5.17. The minimum Gasteiger partial charge on any atom is -0.320 e. The van der Waals surface area contributed by atoms with Crippen LogP contribution in [0.3, 0.4) is 0 Å². The van der Waals surface area contributed by atoms with Crippen LogP contribution in [0.5, 0.6) is 0 Å². The van der Waals surface area contributed by atoms with Crippen molar-refractivity contribution < 1.29 is 4.39 Å². The molecule has 1 nitrogen and oxygen atoms in total. The number of benzene rings is 2. The van der Waals surface area contributed by atoms with Crippen LogP contribution < -0.4 is 5.32 Å². The van der Waals surface area contributed by atoms with Gasteiger partial charge in [0.25, 0.3) is 0 Å². The van der Waals surface area contributed by atoms with Crippen LogP contribution in [0.25, 0.3) is 5.57 Å². The molecule has 0 aliphatic heterocycles. The molecule has 1 atom stereocenters. The Morgan fingerprint density at radius 1 is 1.14 bits per heavy atom. The monoisotopic (exact) mass is 395 g/mol. The normalized spacial score (nSPS) is 11.3. The molecule has 29 heavy (non-hydrogen) atoms. The Kier molecular flexibility index (Phi) is 14.2. The number of rotatable bonds is 7. The largest absolute Gasteiger partial charge is 0.320 e. The molecule has 0 aromatic heterocycles. The fraction of sp³-hybridized carbons (Fsp3) is 0.333. The first-order valence-corrected chi connectivity index (χ1v) is 10.4. The van der Waals surface area contributed by atoms with Crippen LogP contribution in [0.15, 0.2) is 79.4 Å². The SMILES string of the molecule is C=C/C(=C\C(C)c1ccc(F)cc1)C(=C)c1cccc(C)c1.CC.CCCNC. The lowest BCUT2D eigenvalue weighted by Gasteiger charge is -2.12. The highest BCUT2D eigenvalue weighted by atomic mass is 19.1. The van der Waals surface area contributed by atoms with Crippen molar-refractivity contribution >= 4 is 5.57 Å². The summed E-state index contributed by atoms with van der Waals surface area (Å²) in [6, 6.07) is 14.9. The van der Waals surface area contributed by atoms with Gasteiger partial charge in [-0.25, -0.2) is 4.39 Å². The van der Waals surface area contributed by atoms with Crippen LogP contribution in [0.1, 0.15) is 56.7 Å². The second-order valence-corrected chi connectivity index (χ2v) is 6.62. The molecule has 2 aromatic carbocycles. The molecule has 0 aliphatic rings.